The number of alkyl halides is 1. The number of aromatic amines is 1. The zero-order valence-corrected chi connectivity index (χ0v) is 44.8. The Labute approximate surface area is 441 Å². The number of halogens is 3. The molecule has 3 aliphatic heterocycles. The van der Waals surface area contributed by atoms with E-state index in [1.807, 2.05) is 88.0 Å². The Bertz CT molecular complexity index is 2840. The largest absolute Gasteiger partial charge is 0.391 e. The molecule has 4 amide bonds. The third-order valence-electron chi connectivity index (χ3n) is 14.5. The smallest absolute Gasteiger partial charge is 0.246 e. The molecule has 5 heterocycles. The number of carbonyl (C=O) groups excluding carboxylic acids is 4. The van der Waals surface area contributed by atoms with E-state index in [4.69, 9.17) is 4.74 Å². The van der Waals surface area contributed by atoms with Crippen LogP contribution in [0.5, 0.6) is 0 Å². The first-order chi connectivity index (χ1) is 35.6. The van der Waals surface area contributed by atoms with Crippen LogP contribution in [-0.4, -0.2) is 135 Å². The molecule has 0 radical (unpaired) electrons. The van der Waals surface area contributed by atoms with Gasteiger partial charge in [0.2, 0.25) is 23.6 Å². The maximum Gasteiger partial charge on any atom is 0.246 e. The highest BCUT2D eigenvalue weighted by atomic mass is 32.1. The van der Waals surface area contributed by atoms with Gasteiger partial charge in [-0.25, -0.2) is 18.2 Å². The topological polar surface area (TPSA) is 172 Å². The van der Waals surface area contributed by atoms with E-state index >= 15 is 13.2 Å². The Morgan fingerprint density at radius 2 is 1.71 bits per heavy atom. The van der Waals surface area contributed by atoms with Gasteiger partial charge in [-0.1, -0.05) is 63.2 Å². The van der Waals surface area contributed by atoms with Gasteiger partial charge in [0.15, 0.2) is 0 Å². The summed E-state index contributed by atoms with van der Waals surface area (Å²) in [5.74, 6) is -3.25. The molecule has 2 fully saturated rings. The Morgan fingerprint density at radius 1 is 1.00 bits per heavy atom. The number of nitrogens with zero attached hydrogens (tertiary/aromatic N) is 4. The quantitative estimate of drug-likeness (QED) is 0.0435. The number of hydrogen-bond acceptors (Lipinski definition) is 10. The molecule has 5 N–H and O–H groups in total. The Morgan fingerprint density at radius 3 is 2.37 bits per heavy atom. The van der Waals surface area contributed by atoms with E-state index in [1.54, 1.807) is 16.8 Å². The fourth-order valence-corrected chi connectivity index (χ4v) is 11.5. The van der Waals surface area contributed by atoms with Crippen LogP contribution in [0.4, 0.5) is 13.2 Å². The number of likely N-dealkylation sites (tertiary alicyclic amines) is 2. The van der Waals surface area contributed by atoms with Gasteiger partial charge in [-0.3, -0.25) is 24.1 Å². The number of H-pyrrole nitrogens is 1. The fourth-order valence-electron chi connectivity index (χ4n) is 10.7. The third kappa shape index (κ3) is 13.6. The van der Waals surface area contributed by atoms with Crippen molar-refractivity contribution in [1.82, 2.24) is 40.6 Å². The van der Waals surface area contributed by atoms with Crippen molar-refractivity contribution in [2.75, 3.05) is 45.9 Å². The molecule has 2 aromatic heterocycles. The average Bonchev–Trinajstić information content (AvgIpc) is 4.09. The minimum absolute atomic E-state index is 0.0287. The minimum Gasteiger partial charge on any atom is -0.391 e. The number of aliphatic hydroxyl groups is 1. The highest BCUT2D eigenvalue weighted by Crippen LogP contribution is 2.43. The first-order valence-electron chi connectivity index (χ1n) is 26.0. The third-order valence-corrected chi connectivity index (χ3v) is 15.5. The number of piperidine rings is 1. The van der Waals surface area contributed by atoms with E-state index in [9.17, 15) is 24.3 Å². The maximum absolute atomic E-state index is 16.2. The lowest BCUT2D eigenvalue weighted by Crippen LogP contribution is -2.58. The van der Waals surface area contributed by atoms with E-state index in [2.05, 4.69) is 30.8 Å². The van der Waals surface area contributed by atoms with Crippen LogP contribution >= 0.6 is 11.3 Å². The summed E-state index contributed by atoms with van der Waals surface area (Å²) >= 11 is 1.56. The zero-order chi connectivity index (χ0) is 53.8. The Kier molecular flexibility index (Phi) is 17.4. The van der Waals surface area contributed by atoms with Crippen molar-refractivity contribution in [3.63, 3.8) is 0 Å². The summed E-state index contributed by atoms with van der Waals surface area (Å²) in [7, 11) is 0. The summed E-state index contributed by atoms with van der Waals surface area (Å²) < 4.78 is 53.5. The van der Waals surface area contributed by atoms with Crippen LogP contribution in [-0.2, 0) is 36.9 Å². The molecule has 402 valence electrons. The van der Waals surface area contributed by atoms with Crippen LogP contribution < -0.4 is 16.0 Å². The van der Waals surface area contributed by atoms with Crippen LogP contribution in [0.2, 0.25) is 0 Å². The first kappa shape index (κ1) is 55.3. The molecule has 0 saturated carbocycles. The van der Waals surface area contributed by atoms with Crippen molar-refractivity contribution in [2.24, 2.45) is 5.41 Å². The monoisotopic (exact) mass is 1050 g/mol. The summed E-state index contributed by atoms with van der Waals surface area (Å²) in [6.45, 7) is 14.8. The average molecular weight is 1050 g/mol. The number of nitrogens with one attached hydrogen (secondary N) is 4. The molecular weight excluding hydrogens is 982 g/mol. The van der Waals surface area contributed by atoms with Gasteiger partial charge in [0.1, 0.15) is 36.0 Å². The van der Waals surface area contributed by atoms with Gasteiger partial charge in [-0.05, 0) is 112 Å². The summed E-state index contributed by atoms with van der Waals surface area (Å²) in [4.78, 5) is 68.0. The number of rotatable bonds is 18. The van der Waals surface area contributed by atoms with Crippen molar-refractivity contribution in [3.8, 4) is 10.4 Å². The second-order valence-corrected chi connectivity index (χ2v) is 22.9. The Hall–Kier alpha value is -5.92. The summed E-state index contributed by atoms with van der Waals surface area (Å²) in [6.07, 6.45) is 4.28. The number of aryl methyl sites for hydroxylation is 1. The number of hydrogen-bond donors (Lipinski definition) is 5. The number of carbonyl (C=O) groups is 4. The van der Waals surface area contributed by atoms with Crippen LogP contribution in [0.25, 0.3) is 27.4 Å². The van der Waals surface area contributed by atoms with Gasteiger partial charge < -0.3 is 40.6 Å². The van der Waals surface area contributed by atoms with E-state index < -0.39 is 64.7 Å². The highest BCUT2D eigenvalue weighted by Gasteiger charge is 2.45. The van der Waals surface area contributed by atoms with Crippen molar-refractivity contribution in [2.45, 2.75) is 129 Å². The number of aromatic nitrogens is 2. The lowest BCUT2D eigenvalue weighted by molar-refractivity contribution is -0.145. The molecule has 3 aromatic carbocycles. The van der Waals surface area contributed by atoms with Crippen molar-refractivity contribution >= 4 is 51.9 Å². The molecule has 3 aliphatic rings. The van der Waals surface area contributed by atoms with Crippen LogP contribution in [0.3, 0.4) is 0 Å². The van der Waals surface area contributed by atoms with E-state index in [0.717, 1.165) is 51.3 Å². The molecule has 8 rings (SSSR count). The number of ether oxygens (including phenoxy) is 1. The van der Waals surface area contributed by atoms with E-state index in [1.165, 1.54) is 43.0 Å². The second kappa shape index (κ2) is 23.5. The SMILES string of the molecule is Cc1ncsc1-c1ccc(CNC(=O)[C@@H]2C[C@@H](O)CN2C(=O)C(NC(=O)COC2CCN(CCCNC(=O)/C=C/c3cc(F)c([C@@H]4c5[nH]c6ccccc6c5C[C@@H](C)N4CC(C)(C)F)c(F)c3)CC2)C(C)(C)C)cc1. The van der Waals surface area contributed by atoms with Gasteiger partial charge in [-0.2, -0.15) is 0 Å². The number of thiazole rings is 1. The van der Waals surface area contributed by atoms with Crippen LogP contribution in [0.15, 0.2) is 72.3 Å². The molecule has 1 unspecified atom stereocenters. The minimum atomic E-state index is -1.62. The molecule has 75 heavy (non-hydrogen) atoms. The molecule has 5 aromatic rings. The molecule has 0 bridgehead atoms. The fraction of sp³-hybridized carbons (Fsp3) is 0.491. The molecular formula is C57H71F3N8O6S. The number of fused-ring (bicyclic) bond motifs is 3. The van der Waals surface area contributed by atoms with Gasteiger partial charge in [0, 0.05) is 80.0 Å². The van der Waals surface area contributed by atoms with E-state index in [-0.39, 0.29) is 61.8 Å². The molecule has 0 aliphatic carbocycles. The van der Waals surface area contributed by atoms with Gasteiger partial charge in [0.05, 0.1) is 34.3 Å². The molecule has 18 heteroatoms. The first-order valence-corrected chi connectivity index (χ1v) is 26.9. The maximum atomic E-state index is 16.2. The number of β-amino-alcohol motifs (C(OH)–C–C–N with tert-alkyl or cyclic N) is 1. The number of benzene rings is 3. The highest BCUT2D eigenvalue weighted by molar-refractivity contribution is 7.13. The summed E-state index contributed by atoms with van der Waals surface area (Å²) in [5.41, 5.74) is 4.82. The molecule has 2 saturated heterocycles. The van der Waals surface area contributed by atoms with Gasteiger partial charge >= 0.3 is 0 Å². The predicted molar refractivity (Wildman–Crippen MR) is 285 cm³/mol. The predicted octanol–water partition coefficient (Wildman–Crippen LogP) is 7.77. The van der Waals surface area contributed by atoms with E-state index in [0.29, 0.717) is 44.5 Å². The second-order valence-electron chi connectivity index (χ2n) is 22.1. The molecule has 14 nitrogen and oxygen atoms in total. The lowest BCUT2D eigenvalue weighted by Gasteiger charge is -2.43. The zero-order valence-electron chi connectivity index (χ0n) is 44.0. The normalized spacial score (nSPS) is 20.4. The van der Waals surface area contributed by atoms with Crippen LogP contribution in [0, 0.1) is 24.0 Å². The van der Waals surface area contributed by atoms with Crippen molar-refractivity contribution in [1.29, 1.82) is 0 Å². The molecule has 5 atom stereocenters. The number of aliphatic hydroxyl groups excluding tert-OH is 1. The van der Waals surface area contributed by atoms with Crippen molar-refractivity contribution < 1.29 is 42.2 Å². The summed E-state index contributed by atoms with van der Waals surface area (Å²) in [5, 5.41) is 20.2. The molecule has 0 spiro atoms. The van der Waals surface area contributed by atoms with Crippen LogP contribution in [0.1, 0.15) is 107 Å². The van der Waals surface area contributed by atoms with Crippen molar-refractivity contribution in [3.05, 3.63) is 118 Å². The number of amides is 4. The standard InChI is InChI=1S/C57H71F3N8O6S/c1-34-25-42-41-11-8-9-12-45(41)64-50(42)51(68(34)32-57(6,7)60)49-43(58)26-37(27-44(49)59)15-18-47(70)61-21-10-22-66-23-19-40(20-24-66)74-31-48(71)65-53(56(3,4)5)55(73)67-30-39(69)28-46(67)54(72)62-29-36-13-16-38(17-14-36)52-35(2)63-33-75-52/h8-9,11-18,26-27,33-34,39-40,46,51,53,64,69H,10,19-25,28-32H2,1-7H3,(H,61,70)(H,62,72)(H,65,71)/b18-15+/t34-,39-,46+,51-,53?/m1/s1. The lowest BCUT2D eigenvalue weighted by atomic mass is 9.85. The van der Waals surface area contributed by atoms with Gasteiger partial charge in [0.25, 0.3) is 0 Å². The summed E-state index contributed by atoms with van der Waals surface area (Å²) in [6, 6.07) is 15.0. The number of para-hydroxylation sites is 1. The van der Waals surface area contributed by atoms with Gasteiger partial charge in [-0.15, -0.1) is 11.3 Å². The Balaban J connectivity index is 0.762.